The largest absolute Gasteiger partial charge is 0.486 e. The van der Waals surface area contributed by atoms with Gasteiger partial charge in [0.05, 0.1) is 12.1 Å². The van der Waals surface area contributed by atoms with Gasteiger partial charge in [0.25, 0.3) is 0 Å². The van der Waals surface area contributed by atoms with Crippen LogP contribution >= 0.6 is 24.8 Å². The monoisotopic (exact) mass is 417 g/mol. The zero-order valence-corrected chi connectivity index (χ0v) is 17.1. The zero-order chi connectivity index (χ0) is 17.1. The van der Waals surface area contributed by atoms with Crippen LogP contribution in [0.5, 0.6) is 11.5 Å². The number of fused-ring (bicyclic) bond motifs is 1. The second kappa shape index (κ2) is 9.82. The summed E-state index contributed by atoms with van der Waals surface area (Å²) in [6.45, 7) is 5.45. The Morgan fingerprint density at radius 2 is 1.74 bits per heavy atom. The van der Waals surface area contributed by atoms with Crippen LogP contribution < -0.4 is 20.1 Å². The lowest BCUT2D eigenvalue weighted by atomic mass is 9.87. The SMILES string of the molecule is Cl.Cl.O=C(CN1CCNCC1)NC1(c2ccc3c(c2)OCCO3)CCCC1. The van der Waals surface area contributed by atoms with E-state index in [0.29, 0.717) is 19.8 Å². The minimum absolute atomic E-state index is 0. The van der Waals surface area contributed by atoms with Crippen LogP contribution in [-0.2, 0) is 10.3 Å². The van der Waals surface area contributed by atoms with Crippen molar-refractivity contribution in [2.24, 2.45) is 0 Å². The molecule has 1 saturated heterocycles. The molecule has 0 atom stereocenters. The number of amides is 1. The van der Waals surface area contributed by atoms with Crippen molar-refractivity contribution in [3.63, 3.8) is 0 Å². The van der Waals surface area contributed by atoms with Crippen LogP contribution in [0, 0.1) is 0 Å². The van der Waals surface area contributed by atoms with Crippen molar-refractivity contribution >= 4 is 30.7 Å². The van der Waals surface area contributed by atoms with Gasteiger partial charge in [-0.25, -0.2) is 0 Å². The van der Waals surface area contributed by atoms with E-state index in [1.165, 1.54) is 0 Å². The lowest BCUT2D eigenvalue weighted by Crippen LogP contribution is -2.51. The van der Waals surface area contributed by atoms with E-state index in [1.54, 1.807) is 0 Å². The van der Waals surface area contributed by atoms with Gasteiger partial charge < -0.3 is 20.1 Å². The van der Waals surface area contributed by atoms with Crippen molar-refractivity contribution in [3.05, 3.63) is 23.8 Å². The number of rotatable bonds is 4. The van der Waals surface area contributed by atoms with Crippen molar-refractivity contribution in [3.8, 4) is 11.5 Å². The highest BCUT2D eigenvalue weighted by Gasteiger charge is 2.38. The van der Waals surface area contributed by atoms with Crippen molar-refractivity contribution in [2.75, 3.05) is 45.9 Å². The van der Waals surface area contributed by atoms with E-state index in [2.05, 4.69) is 27.7 Å². The van der Waals surface area contributed by atoms with E-state index in [1.807, 2.05) is 6.07 Å². The van der Waals surface area contributed by atoms with Crippen molar-refractivity contribution in [2.45, 2.75) is 31.2 Å². The minimum atomic E-state index is -0.263. The maximum Gasteiger partial charge on any atom is 0.234 e. The molecule has 4 rings (SSSR count). The topological polar surface area (TPSA) is 62.8 Å². The summed E-state index contributed by atoms with van der Waals surface area (Å²) < 4.78 is 11.4. The number of carbonyl (C=O) groups is 1. The number of nitrogens with one attached hydrogen (secondary N) is 2. The van der Waals surface area contributed by atoms with Crippen LogP contribution in [0.1, 0.15) is 31.2 Å². The van der Waals surface area contributed by atoms with Gasteiger partial charge in [0.2, 0.25) is 5.91 Å². The molecular weight excluding hydrogens is 389 g/mol. The number of hydrogen-bond donors (Lipinski definition) is 2. The normalized spacial score (nSPS) is 20.9. The highest BCUT2D eigenvalue weighted by molar-refractivity contribution is 5.85. The summed E-state index contributed by atoms with van der Waals surface area (Å²) in [5.41, 5.74) is 0.879. The number of piperazine rings is 1. The molecule has 152 valence electrons. The summed E-state index contributed by atoms with van der Waals surface area (Å²) in [6.07, 6.45) is 4.25. The van der Waals surface area contributed by atoms with Gasteiger partial charge in [0.1, 0.15) is 13.2 Å². The molecule has 0 aromatic heterocycles. The molecule has 27 heavy (non-hydrogen) atoms. The molecule has 8 heteroatoms. The Bertz CT molecular complexity index is 633. The molecule has 2 heterocycles. The van der Waals surface area contributed by atoms with Gasteiger partial charge in [-0.05, 0) is 30.5 Å². The van der Waals surface area contributed by atoms with Crippen molar-refractivity contribution in [1.82, 2.24) is 15.5 Å². The van der Waals surface area contributed by atoms with Crippen LogP contribution in [0.4, 0.5) is 0 Å². The Morgan fingerprint density at radius 1 is 1.07 bits per heavy atom. The molecule has 1 aromatic carbocycles. The second-order valence-corrected chi connectivity index (χ2v) is 7.22. The molecule has 0 unspecified atom stereocenters. The number of ether oxygens (including phenoxy) is 2. The number of benzene rings is 1. The lowest BCUT2D eigenvalue weighted by Gasteiger charge is -2.34. The Morgan fingerprint density at radius 3 is 2.44 bits per heavy atom. The number of nitrogens with zero attached hydrogens (tertiary/aromatic N) is 1. The molecule has 6 nitrogen and oxygen atoms in total. The summed E-state index contributed by atoms with van der Waals surface area (Å²) in [4.78, 5) is 14.9. The molecule has 2 N–H and O–H groups in total. The first-order valence-corrected chi connectivity index (χ1v) is 9.39. The molecule has 1 aliphatic carbocycles. The Hall–Kier alpha value is -1.21. The standard InChI is InChI=1S/C19H27N3O3.2ClH/c23-18(14-22-9-7-20-8-10-22)21-19(5-1-2-6-19)15-3-4-16-17(13-15)25-12-11-24-16;;/h3-4,13,20H,1-2,5-12,14H2,(H,21,23);2*1H. The fourth-order valence-electron chi connectivity index (χ4n) is 4.18. The molecule has 2 aliphatic heterocycles. The molecule has 1 saturated carbocycles. The Labute approximate surface area is 173 Å². The smallest absolute Gasteiger partial charge is 0.234 e. The van der Waals surface area contributed by atoms with Crippen LogP contribution in [0.2, 0.25) is 0 Å². The van der Waals surface area contributed by atoms with Crippen LogP contribution in [0.25, 0.3) is 0 Å². The van der Waals surface area contributed by atoms with E-state index in [9.17, 15) is 4.79 Å². The molecule has 0 bridgehead atoms. The average Bonchev–Trinajstić information content (AvgIpc) is 3.11. The average molecular weight is 418 g/mol. The third-order valence-electron chi connectivity index (χ3n) is 5.51. The summed E-state index contributed by atoms with van der Waals surface area (Å²) in [5, 5.41) is 6.69. The number of hydrogen-bond acceptors (Lipinski definition) is 5. The molecule has 0 radical (unpaired) electrons. The fraction of sp³-hybridized carbons (Fsp3) is 0.632. The van der Waals surface area contributed by atoms with Crippen LogP contribution in [-0.4, -0.2) is 56.7 Å². The first-order chi connectivity index (χ1) is 12.3. The van der Waals surface area contributed by atoms with Gasteiger partial charge in [-0.3, -0.25) is 9.69 Å². The van der Waals surface area contributed by atoms with E-state index in [4.69, 9.17) is 9.47 Å². The third-order valence-corrected chi connectivity index (χ3v) is 5.51. The van der Waals surface area contributed by atoms with E-state index in [0.717, 1.165) is 68.9 Å². The predicted molar refractivity (Wildman–Crippen MR) is 110 cm³/mol. The molecule has 3 aliphatic rings. The highest BCUT2D eigenvalue weighted by atomic mass is 35.5. The highest BCUT2D eigenvalue weighted by Crippen LogP contribution is 2.42. The molecule has 1 amide bonds. The Balaban J connectivity index is 0.00000131. The fourth-order valence-corrected chi connectivity index (χ4v) is 4.18. The van der Waals surface area contributed by atoms with Crippen LogP contribution in [0.15, 0.2) is 18.2 Å². The van der Waals surface area contributed by atoms with Gasteiger partial charge in [0, 0.05) is 26.2 Å². The Kier molecular flexibility index (Phi) is 8.04. The van der Waals surface area contributed by atoms with Crippen LogP contribution in [0.3, 0.4) is 0 Å². The molecular formula is C19H29Cl2N3O3. The first-order valence-electron chi connectivity index (χ1n) is 9.39. The van der Waals surface area contributed by atoms with Gasteiger partial charge in [-0.1, -0.05) is 18.9 Å². The second-order valence-electron chi connectivity index (χ2n) is 7.22. The maximum atomic E-state index is 12.7. The van der Waals surface area contributed by atoms with Gasteiger partial charge >= 0.3 is 0 Å². The quantitative estimate of drug-likeness (QED) is 0.784. The first kappa shape index (κ1) is 22.1. The van der Waals surface area contributed by atoms with Crippen molar-refractivity contribution < 1.29 is 14.3 Å². The lowest BCUT2D eigenvalue weighted by molar-refractivity contribution is -0.124. The molecule has 2 fully saturated rings. The maximum absolute atomic E-state index is 12.7. The summed E-state index contributed by atoms with van der Waals surface area (Å²) in [5.74, 6) is 1.72. The zero-order valence-electron chi connectivity index (χ0n) is 15.5. The number of carbonyl (C=O) groups excluding carboxylic acids is 1. The third kappa shape index (κ3) is 4.99. The van der Waals surface area contributed by atoms with Gasteiger partial charge in [-0.15, -0.1) is 24.8 Å². The number of halogens is 2. The van der Waals surface area contributed by atoms with Gasteiger partial charge in [0.15, 0.2) is 11.5 Å². The minimum Gasteiger partial charge on any atom is -0.486 e. The summed E-state index contributed by atoms with van der Waals surface area (Å²) in [7, 11) is 0. The summed E-state index contributed by atoms with van der Waals surface area (Å²) >= 11 is 0. The van der Waals surface area contributed by atoms with E-state index >= 15 is 0 Å². The molecule has 0 spiro atoms. The van der Waals surface area contributed by atoms with Crippen molar-refractivity contribution in [1.29, 1.82) is 0 Å². The molecule has 1 aromatic rings. The summed E-state index contributed by atoms with van der Waals surface area (Å²) in [6, 6.07) is 6.13. The van der Waals surface area contributed by atoms with Gasteiger partial charge in [-0.2, -0.15) is 0 Å². The van der Waals surface area contributed by atoms with E-state index in [-0.39, 0.29) is 36.3 Å². The predicted octanol–water partition coefficient (Wildman–Crippen LogP) is 2.09. The van der Waals surface area contributed by atoms with E-state index < -0.39 is 0 Å².